The number of nitrogens with one attached hydrogen (secondary N) is 3. The number of carbonyl (C=O) groups excluding carboxylic acids is 1. The van der Waals surface area contributed by atoms with E-state index in [1.807, 2.05) is 12.1 Å². The van der Waals surface area contributed by atoms with Crippen LogP contribution in [0.4, 0.5) is 0 Å². The minimum Gasteiger partial charge on any atom is -0.497 e. The van der Waals surface area contributed by atoms with Gasteiger partial charge in [-0.3, -0.25) is 14.7 Å². The zero-order valence-electron chi connectivity index (χ0n) is 18.0. The summed E-state index contributed by atoms with van der Waals surface area (Å²) < 4.78 is 15.7. The van der Waals surface area contributed by atoms with Crippen LogP contribution < -0.4 is 20.7 Å². The molecule has 170 valence electrons. The highest BCUT2D eigenvalue weighted by Crippen LogP contribution is 2.23. The van der Waals surface area contributed by atoms with E-state index in [-0.39, 0.29) is 42.5 Å². The van der Waals surface area contributed by atoms with Gasteiger partial charge < -0.3 is 30.2 Å². The molecule has 2 rings (SSSR count). The van der Waals surface area contributed by atoms with Crippen LogP contribution in [0.5, 0.6) is 5.75 Å². The molecule has 10 heteroatoms. The van der Waals surface area contributed by atoms with E-state index >= 15 is 0 Å². The van der Waals surface area contributed by atoms with E-state index in [4.69, 9.17) is 14.2 Å². The highest BCUT2D eigenvalue weighted by Gasteiger charge is 2.23. The number of morpholine rings is 1. The lowest BCUT2D eigenvalue weighted by atomic mass is 10.0. The van der Waals surface area contributed by atoms with Crippen LogP contribution in [-0.4, -0.2) is 90.6 Å². The number of nitrogens with zero attached hydrogens (tertiary/aromatic N) is 2. The monoisotopic (exact) mass is 535 g/mol. The van der Waals surface area contributed by atoms with Gasteiger partial charge in [0.25, 0.3) is 0 Å². The van der Waals surface area contributed by atoms with Gasteiger partial charge >= 0.3 is 0 Å². The Morgan fingerprint density at radius 3 is 2.47 bits per heavy atom. The third-order valence-electron chi connectivity index (χ3n) is 4.72. The van der Waals surface area contributed by atoms with Gasteiger partial charge in [0.2, 0.25) is 5.91 Å². The molecule has 1 heterocycles. The Bertz CT molecular complexity index is 639. The third-order valence-corrected chi connectivity index (χ3v) is 4.72. The second-order valence-electron chi connectivity index (χ2n) is 6.59. The summed E-state index contributed by atoms with van der Waals surface area (Å²) in [5, 5.41) is 9.16. The molecule has 0 aromatic heterocycles. The van der Waals surface area contributed by atoms with Gasteiger partial charge in [-0.2, -0.15) is 0 Å². The zero-order valence-corrected chi connectivity index (χ0v) is 20.3. The molecule has 1 amide bonds. The molecule has 1 aromatic carbocycles. The predicted octanol–water partition coefficient (Wildman–Crippen LogP) is 0.614. The van der Waals surface area contributed by atoms with Crippen molar-refractivity contribution in [2.75, 3.05) is 73.8 Å². The van der Waals surface area contributed by atoms with Gasteiger partial charge in [-0.05, 0) is 17.7 Å². The van der Waals surface area contributed by atoms with Crippen molar-refractivity contribution in [3.63, 3.8) is 0 Å². The standard InChI is InChI=1S/C20H33N5O4.HI/c1-21-20(24-15-19(26)22-8-11-27-2)23-14-18(25-9-12-29-13-10-25)16-4-6-17(28-3)7-5-16;/h4-7,18H,8-15H2,1-3H3,(H,22,26)(H2,21,23,24);1H. The van der Waals surface area contributed by atoms with Crippen molar-refractivity contribution >= 4 is 35.8 Å². The highest BCUT2D eigenvalue weighted by molar-refractivity contribution is 14.0. The first-order valence-corrected chi connectivity index (χ1v) is 9.83. The molecule has 0 saturated carbocycles. The number of amides is 1. The number of ether oxygens (including phenoxy) is 3. The fourth-order valence-corrected chi connectivity index (χ4v) is 3.11. The number of rotatable bonds is 10. The number of benzene rings is 1. The minimum absolute atomic E-state index is 0. The Balaban J connectivity index is 0.00000450. The molecule has 30 heavy (non-hydrogen) atoms. The van der Waals surface area contributed by atoms with Gasteiger partial charge in [0.15, 0.2) is 5.96 Å². The number of methoxy groups -OCH3 is 2. The van der Waals surface area contributed by atoms with E-state index in [1.54, 1.807) is 21.3 Å². The van der Waals surface area contributed by atoms with Gasteiger partial charge in [0.1, 0.15) is 5.75 Å². The van der Waals surface area contributed by atoms with E-state index in [9.17, 15) is 4.79 Å². The first kappa shape index (κ1) is 26.4. The van der Waals surface area contributed by atoms with Crippen LogP contribution in [0.1, 0.15) is 11.6 Å². The maximum Gasteiger partial charge on any atom is 0.239 e. The number of halogens is 1. The molecule has 1 aromatic rings. The van der Waals surface area contributed by atoms with Crippen molar-refractivity contribution in [2.24, 2.45) is 4.99 Å². The minimum atomic E-state index is -0.107. The van der Waals surface area contributed by atoms with Crippen LogP contribution >= 0.6 is 24.0 Å². The molecular weight excluding hydrogens is 501 g/mol. The van der Waals surface area contributed by atoms with Crippen molar-refractivity contribution in [1.29, 1.82) is 0 Å². The average Bonchev–Trinajstić information content (AvgIpc) is 2.77. The third kappa shape index (κ3) is 9.02. The van der Waals surface area contributed by atoms with Gasteiger partial charge in [0, 0.05) is 40.3 Å². The Hall–Kier alpha value is -1.63. The summed E-state index contributed by atoms with van der Waals surface area (Å²) in [6.07, 6.45) is 0. The molecule has 0 aliphatic carbocycles. The summed E-state index contributed by atoms with van der Waals surface area (Å²) in [6.45, 7) is 4.95. The predicted molar refractivity (Wildman–Crippen MR) is 128 cm³/mol. The number of carbonyl (C=O) groups is 1. The van der Waals surface area contributed by atoms with Crippen molar-refractivity contribution in [3.8, 4) is 5.75 Å². The SMILES string of the molecule is CN=C(NCC(=O)NCCOC)NCC(c1ccc(OC)cc1)N1CCOCC1.I. The molecule has 3 N–H and O–H groups in total. The molecular formula is C20H34IN5O4. The van der Waals surface area contributed by atoms with Crippen molar-refractivity contribution in [2.45, 2.75) is 6.04 Å². The summed E-state index contributed by atoms with van der Waals surface area (Å²) >= 11 is 0. The largest absolute Gasteiger partial charge is 0.497 e. The van der Waals surface area contributed by atoms with Crippen LogP contribution in [0.15, 0.2) is 29.3 Å². The normalized spacial score (nSPS) is 15.6. The van der Waals surface area contributed by atoms with E-state index in [0.29, 0.717) is 25.7 Å². The van der Waals surface area contributed by atoms with Crippen molar-refractivity contribution < 1.29 is 19.0 Å². The quantitative estimate of drug-likeness (QED) is 0.175. The molecule has 1 atom stereocenters. The molecule has 1 aliphatic heterocycles. The zero-order chi connectivity index (χ0) is 20.9. The van der Waals surface area contributed by atoms with E-state index in [0.717, 1.165) is 32.1 Å². The van der Waals surface area contributed by atoms with Crippen LogP contribution in [0.2, 0.25) is 0 Å². The second kappa shape index (κ2) is 15.2. The van der Waals surface area contributed by atoms with E-state index < -0.39 is 0 Å². The number of hydrogen-bond donors (Lipinski definition) is 3. The van der Waals surface area contributed by atoms with E-state index in [1.165, 1.54) is 5.56 Å². The summed E-state index contributed by atoms with van der Waals surface area (Å²) in [4.78, 5) is 18.5. The number of guanidine groups is 1. The average molecular weight is 535 g/mol. The summed E-state index contributed by atoms with van der Waals surface area (Å²) in [6, 6.07) is 8.26. The smallest absolute Gasteiger partial charge is 0.239 e. The van der Waals surface area contributed by atoms with Gasteiger partial charge in [-0.1, -0.05) is 12.1 Å². The first-order chi connectivity index (χ1) is 14.2. The summed E-state index contributed by atoms with van der Waals surface area (Å²) in [7, 11) is 4.95. The van der Waals surface area contributed by atoms with Gasteiger partial charge in [0.05, 0.1) is 39.5 Å². The molecule has 1 unspecified atom stereocenters. The Morgan fingerprint density at radius 1 is 1.17 bits per heavy atom. The Kier molecular flexibility index (Phi) is 13.4. The fraction of sp³-hybridized carbons (Fsp3) is 0.600. The topological polar surface area (TPSA) is 96.5 Å². The molecule has 1 saturated heterocycles. The summed E-state index contributed by atoms with van der Waals surface area (Å²) in [5.41, 5.74) is 1.19. The molecule has 9 nitrogen and oxygen atoms in total. The molecule has 0 spiro atoms. The van der Waals surface area contributed by atoms with E-state index in [2.05, 4.69) is 38.0 Å². The van der Waals surface area contributed by atoms with Gasteiger partial charge in [-0.15, -0.1) is 24.0 Å². The summed E-state index contributed by atoms with van der Waals surface area (Å²) in [5.74, 6) is 1.31. The van der Waals surface area contributed by atoms with Crippen LogP contribution in [0.3, 0.4) is 0 Å². The lowest BCUT2D eigenvalue weighted by Crippen LogP contribution is -2.48. The maximum atomic E-state index is 11.9. The first-order valence-electron chi connectivity index (χ1n) is 9.83. The van der Waals surface area contributed by atoms with Crippen LogP contribution in [0, 0.1) is 0 Å². The van der Waals surface area contributed by atoms with Crippen molar-refractivity contribution in [3.05, 3.63) is 29.8 Å². The molecule has 1 fully saturated rings. The maximum absolute atomic E-state index is 11.9. The fourth-order valence-electron chi connectivity index (χ4n) is 3.11. The molecule has 0 bridgehead atoms. The lowest BCUT2D eigenvalue weighted by molar-refractivity contribution is -0.120. The van der Waals surface area contributed by atoms with Crippen LogP contribution in [-0.2, 0) is 14.3 Å². The Labute approximate surface area is 195 Å². The lowest BCUT2D eigenvalue weighted by Gasteiger charge is -2.35. The second-order valence-corrected chi connectivity index (χ2v) is 6.59. The molecule has 0 radical (unpaired) electrons. The Morgan fingerprint density at radius 2 is 1.87 bits per heavy atom. The van der Waals surface area contributed by atoms with Crippen molar-refractivity contribution in [1.82, 2.24) is 20.9 Å². The van der Waals surface area contributed by atoms with Gasteiger partial charge in [-0.25, -0.2) is 0 Å². The number of hydrogen-bond acceptors (Lipinski definition) is 6. The van der Waals surface area contributed by atoms with Crippen LogP contribution in [0.25, 0.3) is 0 Å². The molecule has 1 aliphatic rings. The highest BCUT2D eigenvalue weighted by atomic mass is 127. The number of aliphatic imine (C=N–C) groups is 1.